The molecule has 2 nitrogen and oxygen atoms in total. The standard InChI is InChI=1S/C15H20F4N2/c1-10(20)12-3-2-6-21(9-12)8-11-4-5-14(16)13(7-11)15(17,18)19/h4-5,7,10,12H,2-3,6,8-9,20H2,1H3. The predicted octanol–water partition coefficient (Wildman–Crippen LogP) is 3.40. The summed E-state index contributed by atoms with van der Waals surface area (Å²) in [6.07, 6.45) is -2.62. The molecule has 21 heavy (non-hydrogen) atoms. The summed E-state index contributed by atoms with van der Waals surface area (Å²) in [5.74, 6) is -0.861. The van der Waals surface area contributed by atoms with E-state index in [2.05, 4.69) is 4.90 Å². The first-order valence-corrected chi connectivity index (χ1v) is 7.11. The minimum absolute atomic E-state index is 0.0757. The molecule has 0 amide bonds. The Morgan fingerprint density at radius 2 is 2.10 bits per heavy atom. The number of piperidine rings is 1. The zero-order valence-corrected chi connectivity index (χ0v) is 12.0. The van der Waals surface area contributed by atoms with Crippen LogP contribution in [0.25, 0.3) is 0 Å². The van der Waals surface area contributed by atoms with Gasteiger partial charge < -0.3 is 5.73 Å². The molecule has 2 rings (SSSR count). The Morgan fingerprint density at radius 1 is 1.38 bits per heavy atom. The van der Waals surface area contributed by atoms with E-state index in [0.717, 1.165) is 38.1 Å². The van der Waals surface area contributed by atoms with Gasteiger partial charge in [0.25, 0.3) is 0 Å². The van der Waals surface area contributed by atoms with Crippen LogP contribution < -0.4 is 5.73 Å². The molecule has 1 heterocycles. The molecule has 118 valence electrons. The van der Waals surface area contributed by atoms with Crippen molar-refractivity contribution in [3.05, 3.63) is 35.1 Å². The number of benzene rings is 1. The van der Waals surface area contributed by atoms with E-state index in [1.165, 1.54) is 6.07 Å². The molecule has 1 aromatic carbocycles. The van der Waals surface area contributed by atoms with Crippen LogP contribution in [0.2, 0.25) is 0 Å². The SMILES string of the molecule is CC(N)C1CCCN(Cc2ccc(F)c(C(F)(F)F)c2)C1. The fourth-order valence-electron chi connectivity index (χ4n) is 2.81. The zero-order chi connectivity index (χ0) is 15.6. The highest BCUT2D eigenvalue weighted by Gasteiger charge is 2.34. The molecular weight excluding hydrogens is 284 g/mol. The number of hydrogen-bond donors (Lipinski definition) is 1. The summed E-state index contributed by atoms with van der Waals surface area (Å²) in [5, 5.41) is 0. The Bertz CT molecular complexity index is 485. The molecule has 0 aromatic heterocycles. The van der Waals surface area contributed by atoms with Crippen molar-refractivity contribution in [1.82, 2.24) is 4.90 Å². The van der Waals surface area contributed by atoms with Crippen LogP contribution in [-0.4, -0.2) is 24.0 Å². The third-order valence-electron chi connectivity index (χ3n) is 4.03. The maximum Gasteiger partial charge on any atom is 0.419 e. The van der Waals surface area contributed by atoms with Crippen molar-refractivity contribution < 1.29 is 17.6 Å². The van der Waals surface area contributed by atoms with E-state index in [1.807, 2.05) is 6.92 Å². The number of hydrogen-bond acceptors (Lipinski definition) is 2. The molecular formula is C15H20F4N2. The maximum atomic E-state index is 13.3. The van der Waals surface area contributed by atoms with Gasteiger partial charge in [0.1, 0.15) is 5.82 Å². The van der Waals surface area contributed by atoms with E-state index >= 15 is 0 Å². The average Bonchev–Trinajstić information content (AvgIpc) is 2.40. The fourth-order valence-corrected chi connectivity index (χ4v) is 2.81. The van der Waals surface area contributed by atoms with E-state index < -0.39 is 17.6 Å². The molecule has 2 atom stereocenters. The average molecular weight is 304 g/mol. The highest BCUT2D eigenvalue weighted by molar-refractivity contribution is 5.27. The summed E-state index contributed by atoms with van der Waals surface area (Å²) in [7, 11) is 0. The zero-order valence-electron chi connectivity index (χ0n) is 12.0. The highest BCUT2D eigenvalue weighted by atomic mass is 19.4. The van der Waals surface area contributed by atoms with Crippen molar-refractivity contribution in [3.8, 4) is 0 Å². The summed E-state index contributed by atoms with van der Waals surface area (Å²) in [6.45, 7) is 3.96. The molecule has 2 N–H and O–H groups in total. The molecule has 1 aliphatic heterocycles. The van der Waals surface area contributed by atoms with E-state index in [9.17, 15) is 17.6 Å². The van der Waals surface area contributed by atoms with E-state index in [-0.39, 0.29) is 6.04 Å². The monoisotopic (exact) mass is 304 g/mol. The van der Waals surface area contributed by atoms with Gasteiger partial charge in [0.2, 0.25) is 0 Å². The number of likely N-dealkylation sites (tertiary alicyclic amines) is 1. The van der Waals surface area contributed by atoms with Crippen LogP contribution in [-0.2, 0) is 12.7 Å². The summed E-state index contributed by atoms with van der Waals surface area (Å²) in [4.78, 5) is 2.09. The minimum Gasteiger partial charge on any atom is -0.328 e. The number of alkyl halides is 3. The lowest BCUT2D eigenvalue weighted by atomic mass is 9.92. The van der Waals surface area contributed by atoms with Crippen LogP contribution in [0.3, 0.4) is 0 Å². The first-order valence-electron chi connectivity index (χ1n) is 7.11. The number of nitrogens with two attached hydrogens (primary N) is 1. The first kappa shape index (κ1) is 16.2. The molecule has 6 heteroatoms. The minimum atomic E-state index is -4.66. The molecule has 1 fully saturated rings. The lowest BCUT2D eigenvalue weighted by Gasteiger charge is -2.34. The Kier molecular flexibility index (Phi) is 4.88. The summed E-state index contributed by atoms with van der Waals surface area (Å²) in [5.41, 5.74) is 5.19. The van der Waals surface area contributed by atoms with Crippen molar-refractivity contribution in [1.29, 1.82) is 0 Å². The van der Waals surface area contributed by atoms with Crippen molar-refractivity contribution in [2.24, 2.45) is 11.7 Å². The number of halogens is 4. The number of nitrogens with zero attached hydrogens (tertiary/aromatic N) is 1. The first-order chi connectivity index (χ1) is 9.77. The van der Waals surface area contributed by atoms with E-state index in [0.29, 0.717) is 18.0 Å². The third kappa shape index (κ3) is 4.17. The Labute approximate surface area is 121 Å². The molecule has 0 aliphatic carbocycles. The van der Waals surface area contributed by atoms with Crippen LogP contribution in [0.1, 0.15) is 30.9 Å². The molecule has 0 spiro atoms. The summed E-state index contributed by atoms with van der Waals surface area (Å²) in [6, 6.07) is 3.29. The summed E-state index contributed by atoms with van der Waals surface area (Å²) < 4.78 is 51.4. The molecule has 0 saturated carbocycles. The van der Waals surface area contributed by atoms with Crippen LogP contribution in [0.4, 0.5) is 17.6 Å². The predicted molar refractivity (Wildman–Crippen MR) is 73.1 cm³/mol. The highest BCUT2D eigenvalue weighted by Crippen LogP contribution is 2.32. The van der Waals surface area contributed by atoms with Gasteiger partial charge in [-0.3, -0.25) is 4.90 Å². The Hall–Kier alpha value is -1.14. The number of rotatable bonds is 3. The quantitative estimate of drug-likeness (QED) is 0.867. The third-order valence-corrected chi connectivity index (χ3v) is 4.03. The van der Waals surface area contributed by atoms with Crippen LogP contribution in [0.15, 0.2) is 18.2 Å². The van der Waals surface area contributed by atoms with Crippen molar-refractivity contribution >= 4 is 0 Å². The van der Waals surface area contributed by atoms with Gasteiger partial charge in [0.05, 0.1) is 5.56 Å². The topological polar surface area (TPSA) is 29.3 Å². The summed E-state index contributed by atoms with van der Waals surface area (Å²) >= 11 is 0. The van der Waals surface area contributed by atoms with Crippen molar-refractivity contribution in [2.45, 2.75) is 38.5 Å². The lowest BCUT2D eigenvalue weighted by Crippen LogP contribution is -2.41. The molecule has 1 aromatic rings. The molecule has 0 bridgehead atoms. The van der Waals surface area contributed by atoms with Gasteiger partial charge in [-0.1, -0.05) is 6.07 Å². The van der Waals surface area contributed by atoms with Gasteiger partial charge in [-0.05, 0) is 49.9 Å². The molecule has 2 unspecified atom stereocenters. The largest absolute Gasteiger partial charge is 0.419 e. The van der Waals surface area contributed by atoms with E-state index in [4.69, 9.17) is 5.73 Å². The van der Waals surface area contributed by atoms with E-state index in [1.54, 1.807) is 0 Å². The molecule has 0 radical (unpaired) electrons. The van der Waals surface area contributed by atoms with Crippen LogP contribution in [0.5, 0.6) is 0 Å². The van der Waals surface area contributed by atoms with Crippen molar-refractivity contribution in [3.63, 3.8) is 0 Å². The second-order valence-electron chi connectivity index (χ2n) is 5.81. The van der Waals surface area contributed by atoms with Gasteiger partial charge in [0.15, 0.2) is 0 Å². The van der Waals surface area contributed by atoms with Crippen LogP contribution in [0, 0.1) is 11.7 Å². The Morgan fingerprint density at radius 3 is 2.71 bits per heavy atom. The maximum absolute atomic E-state index is 13.3. The normalized spacial score (nSPS) is 22.3. The van der Waals surface area contributed by atoms with Gasteiger partial charge in [-0.25, -0.2) is 4.39 Å². The second kappa shape index (κ2) is 6.32. The van der Waals surface area contributed by atoms with Gasteiger partial charge in [-0.15, -0.1) is 0 Å². The molecule has 1 saturated heterocycles. The lowest BCUT2D eigenvalue weighted by molar-refractivity contribution is -0.140. The van der Waals surface area contributed by atoms with Gasteiger partial charge in [0, 0.05) is 19.1 Å². The van der Waals surface area contributed by atoms with Crippen molar-refractivity contribution in [2.75, 3.05) is 13.1 Å². The van der Waals surface area contributed by atoms with Gasteiger partial charge in [-0.2, -0.15) is 13.2 Å². The van der Waals surface area contributed by atoms with Crippen LogP contribution >= 0.6 is 0 Å². The second-order valence-corrected chi connectivity index (χ2v) is 5.81. The molecule has 1 aliphatic rings. The Balaban J connectivity index is 2.09. The van der Waals surface area contributed by atoms with Gasteiger partial charge >= 0.3 is 6.18 Å². The fraction of sp³-hybridized carbons (Fsp3) is 0.600. The smallest absolute Gasteiger partial charge is 0.328 e.